The van der Waals surface area contributed by atoms with Crippen LogP contribution in [0, 0.1) is 0 Å². The normalized spacial score (nSPS) is 18.7. The van der Waals surface area contributed by atoms with Gasteiger partial charge in [0.1, 0.15) is 11.0 Å². The minimum absolute atomic E-state index is 0.0223. The molecule has 0 saturated carbocycles. The number of likely N-dealkylation sites (tertiary alicyclic amines) is 1. The zero-order valence-electron chi connectivity index (χ0n) is 12.5. The number of hydrogen-bond donors (Lipinski definition) is 0. The van der Waals surface area contributed by atoms with E-state index in [0.29, 0.717) is 19.6 Å². The Balaban J connectivity index is 1.92. The fourth-order valence-corrected chi connectivity index (χ4v) is 3.47. The molecule has 1 amide bonds. The SMILES string of the molecule is CCCOc1cccc(CCN2CC(S(=O)(=O)Cl)CC2=O)c1. The van der Waals surface area contributed by atoms with Crippen molar-refractivity contribution in [1.82, 2.24) is 4.90 Å². The summed E-state index contributed by atoms with van der Waals surface area (Å²) in [5, 5.41) is -0.791. The van der Waals surface area contributed by atoms with E-state index in [2.05, 4.69) is 0 Å². The fraction of sp³-hybridized carbons (Fsp3) is 0.533. The molecule has 1 atom stereocenters. The molecule has 1 aliphatic heterocycles. The van der Waals surface area contributed by atoms with Crippen LogP contribution in [0.25, 0.3) is 0 Å². The third kappa shape index (κ3) is 4.61. The van der Waals surface area contributed by atoms with Crippen molar-refractivity contribution < 1.29 is 17.9 Å². The van der Waals surface area contributed by atoms with Gasteiger partial charge >= 0.3 is 0 Å². The lowest BCUT2D eigenvalue weighted by atomic mass is 10.1. The van der Waals surface area contributed by atoms with E-state index in [9.17, 15) is 13.2 Å². The molecule has 5 nitrogen and oxygen atoms in total. The molecule has 0 radical (unpaired) electrons. The number of nitrogens with zero attached hydrogens (tertiary/aromatic N) is 1. The highest BCUT2D eigenvalue weighted by atomic mass is 35.7. The number of amides is 1. The molecule has 1 fully saturated rings. The second kappa shape index (κ2) is 7.33. The molecule has 22 heavy (non-hydrogen) atoms. The lowest BCUT2D eigenvalue weighted by Crippen LogP contribution is -2.29. The summed E-state index contributed by atoms with van der Waals surface area (Å²) in [6.45, 7) is 3.38. The minimum Gasteiger partial charge on any atom is -0.494 e. The molecular weight excluding hydrogens is 326 g/mol. The van der Waals surface area contributed by atoms with Crippen LogP contribution in [0.5, 0.6) is 5.75 Å². The van der Waals surface area contributed by atoms with Crippen molar-refractivity contribution in [2.45, 2.75) is 31.4 Å². The molecule has 0 N–H and O–H groups in total. The van der Waals surface area contributed by atoms with Crippen LogP contribution < -0.4 is 4.74 Å². The van der Waals surface area contributed by atoms with Crippen LogP contribution >= 0.6 is 10.7 Å². The summed E-state index contributed by atoms with van der Waals surface area (Å²) in [6, 6.07) is 7.73. The Labute approximate surface area is 135 Å². The first-order chi connectivity index (χ1) is 10.4. The van der Waals surface area contributed by atoms with E-state index in [1.165, 1.54) is 0 Å². The van der Waals surface area contributed by atoms with Gasteiger partial charge in [0.15, 0.2) is 0 Å². The number of ether oxygens (including phenoxy) is 1. The summed E-state index contributed by atoms with van der Waals surface area (Å²) in [4.78, 5) is 13.4. The number of halogens is 1. The van der Waals surface area contributed by atoms with E-state index in [1.807, 2.05) is 31.2 Å². The van der Waals surface area contributed by atoms with Crippen LogP contribution in [0.3, 0.4) is 0 Å². The van der Waals surface area contributed by atoms with Gasteiger partial charge in [0, 0.05) is 30.2 Å². The van der Waals surface area contributed by atoms with Crippen molar-refractivity contribution in [2.24, 2.45) is 0 Å². The van der Waals surface area contributed by atoms with E-state index >= 15 is 0 Å². The molecule has 7 heteroatoms. The molecule has 0 aromatic heterocycles. The lowest BCUT2D eigenvalue weighted by Gasteiger charge is -2.16. The van der Waals surface area contributed by atoms with Crippen LogP contribution in [-0.2, 0) is 20.3 Å². The molecule has 2 rings (SSSR count). The Bertz CT molecular complexity index is 632. The van der Waals surface area contributed by atoms with Crippen molar-refractivity contribution in [3.8, 4) is 5.75 Å². The highest BCUT2D eigenvalue weighted by molar-refractivity contribution is 8.14. The molecule has 1 aromatic carbocycles. The average molecular weight is 346 g/mol. The maximum atomic E-state index is 11.8. The van der Waals surface area contributed by atoms with Gasteiger partial charge in [0.05, 0.1) is 6.61 Å². The largest absolute Gasteiger partial charge is 0.494 e. The molecular formula is C15H20ClNO4S. The number of carbonyl (C=O) groups excluding carboxylic acids is 1. The van der Waals surface area contributed by atoms with E-state index in [1.54, 1.807) is 4.90 Å². The maximum Gasteiger partial charge on any atom is 0.237 e. The highest BCUT2D eigenvalue weighted by Gasteiger charge is 2.36. The number of benzene rings is 1. The Kier molecular flexibility index (Phi) is 5.69. The third-order valence-corrected chi connectivity index (χ3v) is 5.49. The number of hydrogen-bond acceptors (Lipinski definition) is 4. The van der Waals surface area contributed by atoms with Crippen LogP contribution in [-0.4, -0.2) is 44.2 Å². The second-order valence-electron chi connectivity index (χ2n) is 5.39. The Morgan fingerprint density at radius 1 is 1.41 bits per heavy atom. The van der Waals surface area contributed by atoms with Gasteiger partial charge in [0.25, 0.3) is 0 Å². The zero-order valence-corrected chi connectivity index (χ0v) is 14.1. The third-order valence-electron chi connectivity index (χ3n) is 3.62. The van der Waals surface area contributed by atoms with Crippen molar-refractivity contribution in [1.29, 1.82) is 0 Å². The number of carbonyl (C=O) groups is 1. The van der Waals surface area contributed by atoms with Crippen molar-refractivity contribution in [2.75, 3.05) is 19.7 Å². The molecule has 0 aliphatic carbocycles. The van der Waals surface area contributed by atoms with Gasteiger partial charge in [-0.2, -0.15) is 0 Å². The van der Waals surface area contributed by atoms with Gasteiger partial charge in [-0.05, 0) is 30.5 Å². The Morgan fingerprint density at radius 2 is 2.18 bits per heavy atom. The molecule has 1 aliphatic rings. The summed E-state index contributed by atoms with van der Waals surface area (Å²) in [5.74, 6) is 0.654. The van der Waals surface area contributed by atoms with Crippen LogP contribution in [0.4, 0.5) is 0 Å². The average Bonchev–Trinajstić information content (AvgIpc) is 2.85. The van der Waals surface area contributed by atoms with Crippen molar-refractivity contribution in [3.05, 3.63) is 29.8 Å². The van der Waals surface area contributed by atoms with Crippen molar-refractivity contribution >= 4 is 25.6 Å². The van der Waals surface area contributed by atoms with E-state index in [4.69, 9.17) is 15.4 Å². The quantitative estimate of drug-likeness (QED) is 0.711. The molecule has 1 heterocycles. The summed E-state index contributed by atoms with van der Waals surface area (Å²) in [7, 11) is 1.65. The summed E-state index contributed by atoms with van der Waals surface area (Å²) in [5.41, 5.74) is 1.05. The van der Waals surface area contributed by atoms with Crippen LogP contribution in [0.1, 0.15) is 25.3 Å². The first-order valence-electron chi connectivity index (χ1n) is 7.33. The predicted molar refractivity (Wildman–Crippen MR) is 85.7 cm³/mol. The van der Waals surface area contributed by atoms with E-state index in [0.717, 1.165) is 17.7 Å². The molecule has 122 valence electrons. The number of rotatable bonds is 7. The lowest BCUT2D eigenvalue weighted by molar-refractivity contribution is -0.127. The summed E-state index contributed by atoms with van der Waals surface area (Å²) < 4.78 is 28.2. The van der Waals surface area contributed by atoms with Crippen LogP contribution in [0.2, 0.25) is 0 Å². The first-order valence-corrected chi connectivity index (χ1v) is 9.70. The summed E-state index contributed by atoms with van der Waals surface area (Å²) >= 11 is 0. The molecule has 0 bridgehead atoms. The second-order valence-corrected chi connectivity index (χ2v) is 8.30. The topological polar surface area (TPSA) is 63.7 Å². The summed E-state index contributed by atoms with van der Waals surface area (Å²) in [6.07, 6.45) is 1.58. The smallest absolute Gasteiger partial charge is 0.237 e. The van der Waals surface area contributed by atoms with Gasteiger partial charge in [-0.15, -0.1) is 0 Å². The van der Waals surface area contributed by atoms with E-state index < -0.39 is 14.3 Å². The minimum atomic E-state index is -3.68. The maximum absolute atomic E-state index is 11.8. The predicted octanol–water partition coefficient (Wildman–Crippen LogP) is 2.19. The molecule has 1 saturated heterocycles. The van der Waals surface area contributed by atoms with Crippen molar-refractivity contribution in [3.63, 3.8) is 0 Å². The van der Waals surface area contributed by atoms with Gasteiger partial charge in [0.2, 0.25) is 15.0 Å². The molecule has 1 unspecified atom stereocenters. The monoisotopic (exact) mass is 345 g/mol. The fourth-order valence-electron chi connectivity index (χ4n) is 2.42. The van der Waals surface area contributed by atoms with Gasteiger partial charge in [-0.1, -0.05) is 19.1 Å². The zero-order chi connectivity index (χ0) is 16.2. The van der Waals surface area contributed by atoms with Gasteiger partial charge in [-0.25, -0.2) is 8.42 Å². The molecule has 0 spiro atoms. The first kappa shape index (κ1) is 17.1. The highest BCUT2D eigenvalue weighted by Crippen LogP contribution is 2.22. The standard InChI is InChI=1S/C15H20ClNO4S/c1-2-8-21-13-5-3-4-12(9-13)6-7-17-11-14(10-15(17)18)22(16,19)20/h3-5,9,14H,2,6-8,10-11H2,1H3. The van der Waals surface area contributed by atoms with Crippen LogP contribution in [0.15, 0.2) is 24.3 Å². The van der Waals surface area contributed by atoms with Gasteiger partial charge in [-0.3, -0.25) is 4.79 Å². The molecule has 1 aromatic rings. The Hall–Kier alpha value is -1.27. The van der Waals surface area contributed by atoms with Gasteiger partial charge < -0.3 is 9.64 Å². The Morgan fingerprint density at radius 3 is 2.82 bits per heavy atom. The van der Waals surface area contributed by atoms with E-state index in [-0.39, 0.29) is 18.9 Å².